The summed E-state index contributed by atoms with van der Waals surface area (Å²) >= 11 is 0. The van der Waals surface area contributed by atoms with Gasteiger partial charge in [0.05, 0.1) is 6.26 Å². The molecule has 0 bridgehead atoms. The lowest BCUT2D eigenvalue weighted by atomic mass is 10.2. The maximum absolute atomic E-state index is 9.19. The van der Waals surface area contributed by atoms with Crippen molar-refractivity contribution < 1.29 is 13.0 Å². The molecule has 0 spiro atoms. The molecule has 0 aromatic carbocycles. The fourth-order valence-corrected chi connectivity index (χ4v) is 0.677. The highest BCUT2D eigenvalue weighted by molar-refractivity contribution is 7.85. The van der Waals surface area contributed by atoms with Crippen LogP contribution in [-0.4, -0.2) is 19.2 Å². The van der Waals surface area contributed by atoms with Crippen LogP contribution in [0.25, 0.3) is 0 Å². The summed E-state index contributed by atoms with van der Waals surface area (Å²) in [5, 5.41) is 0. The lowest BCUT2D eigenvalue weighted by molar-refractivity contribution is 0.490. The van der Waals surface area contributed by atoms with Crippen LogP contribution in [0.2, 0.25) is 0 Å². The molecule has 0 rings (SSSR count). The van der Waals surface area contributed by atoms with E-state index in [1.165, 1.54) is 32.1 Å². The molecule has 0 radical (unpaired) electrons. The highest BCUT2D eigenvalue weighted by Crippen LogP contribution is 2.00. The summed E-state index contributed by atoms with van der Waals surface area (Å²) in [6, 6.07) is 0. The monoisotopic (exact) mass is 196 g/mol. The molecule has 0 aliphatic rings. The lowest BCUT2D eigenvalue weighted by Gasteiger charge is -1.90. The van der Waals surface area contributed by atoms with E-state index in [1.807, 2.05) is 0 Å². The van der Waals surface area contributed by atoms with Crippen LogP contribution in [0.1, 0.15) is 46.0 Å². The SMILES string of the molecule is CCCCCCC.CS(=O)(=O)O. The summed E-state index contributed by atoms with van der Waals surface area (Å²) in [6.45, 7) is 4.49. The zero-order valence-electron chi connectivity index (χ0n) is 8.21. The van der Waals surface area contributed by atoms with Gasteiger partial charge >= 0.3 is 0 Å². The Bertz CT molecular complexity index is 149. The van der Waals surface area contributed by atoms with Crippen LogP contribution in [0.15, 0.2) is 0 Å². The molecule has 0 aromatic rings. The van der Waals surface area contributed by atoms with E-state index >= 15 is 0 Å². The highest BCUT2D eigenvalue weighted by Gasteiger charge is 1.81. The molecule has 3 nitrogen and oxygen atoms in total. The molecule has 0 aliphatic carbocycles. The summed E-state index contributed by atoms with van der Waals surface area (Å²) < 4.78 is 25.9. The molecule has 0 unspecified atom stereocenters. The Morgan fingerprint density at radius 2 is 1.25 bits per heavy atom. The minimum atomic E-state index is -3.67. The van der Waals surface area contributed by atoms with Crippen LogP contribution in [0, 0.1) is 0 Å². The molecule has 1 N–H and O–H groups in total. The maximum Gasteiger partial charge on any atom is 0.261 e. The first kappa shape index (κ1) is 14.4. The van der Waals surface area contributed by atoms with E-state index in [0.717, 1.165) is 0 Å². The van der Waals surface area contributed by atoms with Crippen molar-refractivity contribution in [3.63, 3.8) is 0 Å². The van der Waals surface area contributed by atoms with Gasteiger partial charge in [-0.1, -0.05) is 46.0 Å². The third kappa shape index (κ3) is 51.5. The van der Waals surface area contributed by atoms with Crippen molar-refractivity contribution in [2.75, 3.05) is 6.26 Å². The first-order valence-corrected chi connectivity index (χ1v) is 6.19. The van der Waals surface area contributed by atoms with Crippen LogP contribution in [0.4, 0.5) is 0 Å². The Labute approximate surface area is 75.9 Å². The van der Waals surface area contributed by atoms with Crippen LogP contribution >= 0.6 is 0 Å². The van der Waals surface area contributed by atoms with E-state index in [0.29, 0.717) is 6.26 Å². The van der Waals surface area contributed by atoms with Gasteiger partial charge in [-0.3, -0.25) is 4.55 Å². The average Bonchev–Trinajstić information content (AvgIpc) is 1.85. The van der Waals surface area contributed by atoms with Crippen LogP contribution < -0.4 is 0 Å². The second-order valence-electron chi connectivity index (χ2n) is 2.79. The molecule has 76 valence electrons. The average molecular weight is 196 g/mol. The largest absolute Gasteiger partial charge is 0.286 e. The second kappa shape index (κ2) is 9.00. The summed E-state index contributed by atoms with van der Waals surface area (Å²) in [5.41, 5.74) is 0. The minimum Gasteiger partial charge on any atom is -0.286 e. The van der Waals surface area contributed by atoms with E-state index in [2.05, 4.69) is 13.8 Å². The molecule has 12 heavy (non-hydrogen) atoms. The van der Waals surface area contributed by atoms with Crippen molar-refractivity contribution in [3.8, 4) is 0 Å². The quantitative estimate of drug-likeness (QED) is 0.555. The fourth-order valence-electron chi connectivity index (χ4n) is 0.677. The molecule has 0 amide bonds. The van der Waals surface area contributed by atoms with Gasteiger partial charge < -0.3 is 0 Å². The van der Waals surface area contributed by atoms with Crippen LogP contribution in [0.5, 0.6) is 0 Å². The van der Waals surface area contributed by atoms with Gasteiger partial charge in [-0.25, -0.2) is 0 Å². The summed E-state index contributed by atoms with van der Waals surface area (Å²) in [4.78, 5) is 0. The normalized spacial score (nSPS) is 10.3. The van der Waals surface area contributed by atoms with Gasteiger partial charge in [-0.05, 0) is 0 Å². The Morgan fingerprint density at radius 1 is 1.00 bits per heavy atom. The van der Waals surface area contributed by atoms with E-state index in [9.17, 15) is 8.42 Å². The molecule has 0 aliphatic heterocycles. The van der Waals surface area contributed by atoms with Gasteiger partial charge in [-0.2, -0.15) is 8.42 Å². The van der Waals surface area contributed by atoms with Gasteiger partial charge in [0.1, 0.15) is 0 Å². The lowest BCUT2D eigenvalue weighted by Crippen LogP contribution is -1.88. The third-order valence-electron chi connectivity index (χ3n) is 1.21. The van der Waals surface area contributed by atoms with Gasteiger partial charge in [-0.15, -0.1) is 0 Å². The van der Waals surface area contributed by atoms with Crippen LogP contribution in [-0.2, 0) is 10.1 Å². The first-order valence-electron chi connectivity index (χ1n) is 4.34. The van der Waals surface area contributed by atoms with Crippen LogP contribution in [0.3, 0.4) is 0 Å². The Kier molecular flexibility index (Phi) is 10.8. The fraction of sp³-hybridized carbons (Fsp3) is 1.00. The summed E-state index contributed by atoms with van der Waals surface area (Å²) in [7, 11) is -3.67. The second-order valence-corrected chi connectivity index (χ2v) is 4.26. The summed E-state index contributed by atoms with van der Waals surface area (Å²) in [5.74, 6) is 0. The van der Waals surface area contributed by atoms with E-state index in [-0.39, 0.29) is 0 Å². The highest BCUT2D eigenvalue weighted by atomic mass is 32.2. The van der Waals surface area contributed by atoms with E-state index in [4.69, 9.17) is 4.55 Å². The zero-order valence-corrected chi connectivity index (χ0v) is 9.02. The van der Waals surface area contributed by atoms with E-state index < -0.39 is 10.1 Å². The number of hydrogen-bond donors (Lipinski definition) is 1. The third-order valence-corrected chi connectivity index (χ3v) is 1.21. The van der Waals surface area contributed by atoms with Crippen molar-refractivity contribution in [1.29, 1.82) is 0 Å². The van der Waals surface area contributed by atoms with Crippen molar-refractivity contribution in [2.45, 2.75) is 46.0 Å². The number of hydrogen-bond acceptors (Lipinski definition) is 2. The molecular weight excluding hydrogens is 176 g/mol. The van der Waals surface area contributed by atoms with E-state index in [1.54, 1.807) is 0 Å². The zero-order chi connectivity index (χ0) is 10.0. The van der Waals surface area contributed by atoms with Gasteiger partial charge in [0.2, 0.25) is 0 Å². The molecule has 4 heteroatoms. The molecule has 0 saturated carbocycles. The molecule has 0 fully saturated rings. The molecule has 0 heterocycles. The summed E-state index contributed by atoms with van der Waals surface area (Å²) in [6.07, 6.45) is 7.72. The predicted molar refractivity (Wildman–Crippen MR) is 51.9 cm³/mol. The topological polar surface area (TPSA) is 54.4 Å². The Hall–Kier alpha value is -0.0900. The molecular formula is C8H20O3S. The first-order chi connectivity index (χ1) is 5.41. The van der Waals surface area contributed by atoms with Crippen molar-refractivity contribution >= 4 is 10.1 Å². The van der Waals surface area contributed by atoms with Gasteiger partial charge in [0.15, 0.2) is 0 Å². The van der Waals surface area contributed by atoms with Crippen molar-refractivity contribution in [3.05, 3.63) is 0 Å². The maximum atomic E-state index is 9.19. The van der Waals surface area contributed by atoms with Gasteiger partial charge in [0.25, 0.3) is 10.1 Å². The molecule has 0 atom stereocenters. The van der Waals surface area contributed by atoms with Crippen molar-refractivity contribution in [2.24, 2.45) is 0 Å². The molecule has 0 aromatic heterocycles. The predicted octanol–water partition coefficient (Wildman–Crippen LogP) is 2.48. The Balaban J connectivity index is 0. The standard InChI is InChI=1S/C7H16.CH4O3S/c1-3-5-7-6-4-2;1-5(2,3)4/h3-7H2,1-2H3;1H3,(H,2,3,4). The smallest absolute Gasteiger partial charge is 0.261 e. The number of unbranched alkanes of at least 4 members (excludes halogenated alkanes) is 4. The Morgan fingerprint density at radius 3 is 1.42 bits per heavy atom. The van der Waals surface area contributed by atoms with Crippen molar-refractivity contribution in [1.82, 2.24) is 0 Å². The minimum absolute atomic E-state index is 0.715. The van der Waals surface area contributed by atoms with Gasteiger partial charge in [0, 0.05) is 0 Å². The molecule has 0 saturated heterocycles. The number of rotatable bonds is 4.